The molecule has 3 N–H and O–H groups in total. The monoisotopic (exact) mass is 385 g/mol. The van der Waals surface area contributed by atoms with E-state index >= 15 is 0 Å². The number of thiocarbonyl (C=S) groups is 1. The number of hydrogen-bond acceptors (Lipinski definition) is 4. The molecule has 2 rings (SSSR count). The molecule has 0 aliphatic rings. The predicted octanol–water partition coefficient (Wildman–Crippen LogP) is 3.35. The van der Waals surface area contributed by atoms with Gasteiger partial charge in [-0.25, -0.2) is 0 Å². The van der Waals surface area contributed by atoms with Gasteiger partial charge in [-0.15, -0.1) is 0 Å². The zero-order chi connectivity index (χ0) is 19.6. The molecule has 2 aromatic rings. The van der Waals surface area contributed by atoms with Crippen LogP contribution in [0.2, 0.25) is 0 Å². The van der Waals surface area contributed by atoms with Gasteiger partial charge in [0.2, 0.25) is 0 Å². The molecule has 0 atom stereocenters. The van der Waals surface area contributed by atoms with Crippen molar-refractivity contribution in [3.05, 3.63) is 59.7 Å². The maximum absolute atomic E-state index is 12.4. The normalized spacial score (nSPS) is 10.0. The first-order valence-electron chi connectivity index (χ1n) is 8.69. The number of carbonyl (C=O) groups excluding carboxylic acids is 2. The molecule has 0 heterocycles. The van der Waals surface area contributed by atoms with Crippen LogP contribution in [0.5, 0.6) is 5.75 Å². The summed E-state index contributed by atoms with van der Waals surface area (Å²) in [4.78, 5) is 24.8. The summed E-state index contributed by atoms with van der Waals surface area (Å²) in [5.41, 5.74) is 1.36. The lowest BCUT2D eigenvalue weighted by Gasteiger charge is -2.14. The van der Waals surface area contributed by atoms with E-state index in [2.05, 4.69) is 22.9 Å². The average molecular weight is 385 g/mol. The quantitative estimate of drug-likeness (QED) is 0.503. The van der Waals surface area contributed by atoms with Gasteiger partial charge in [-0.1, -0.05) is 37.6 Å². The summed E-state index contributed by atoms with van der Waals surface area (Å²) < 4.78 is 5.19. The van der Waals surface area contributed by atoms with Crippen molar-refractivity contribution in [3.63, 3.8) is 0 Å². The summed E-state index contributed by atoms with van der Waals surface area (Å²) in [5.74, 6) is -0.131. The van der Waals surface area contributed by atoms with Crippen molar-refractivity contribution in [1.82, 2.24) is 10.6 Å². The first kappa shape index (κ1) is 20.4. The van der Waals surface area contributed by atoms with E-state index in [1.165, 1.54) is 7.11 Å². The maximum atomic E-state index is 12.4. The van der Waals surface area contributed by atoms with Crippen molar-refractivity contribution in [2.24, 2.45) is 0 Å². The van der Waals surface area contributed by atoms with Crippen LogP contribution in [0.25, 0.3) is 0 Å². The average Bonchev–Trinajstić information content (AvgIpc) is 2.68. The number of carbonyl (C=O) groups is 2. The molecule has 0 unspecified atom stereocenters. The van der Waals surface area contributed by atoms with Gasteiger partial charge in [0.05, 0.1) is 23.9 Å². The molecule has 0 aliphatic heterocycles. The number of hydrogen-bond donors (Lipinski definition) is 3. The van der Waals surface area contributed by atoms with Gasteiger partial charge in [0.1, 0.15) is 5.75 Å². The van der Waals surface area contributed by atoms with E-state index in [9.17, 15) is 9.59 Å². The fourth-order valence-electron chi connectivity index (χ4n) is 2.42. The molecule has 0 saturated heterocycles. The third-order valence-corrected chi connectivity index (χ3v) is 4.02. The highest BCUT2D eigenvalue weighted by Gasteiger charge is 2.15. The van der Waals surface area contributed by atoms with Crippen LogP contribution >= 0.6 is 12.2 Å². The van der Waals surface area contributed by atoms with Crippen molar-refractivity contribution < 1.29 is 14.3 Å². The number of para-hydroxylation sites is 2. The van der Waals surface area contributed by atoms with Crippen LogP contribution in [0.1, 0.15) is 40.5 Å². The Morgan fingerprint density at radius 1 is 1.00 bits per heavy atom. The molecule has 0 saturated carbocycles. The van der Waals surface area contributed by atoms with E-state index in [4.69, 9.17) is 17.0 Å². The van der Waals surface area contributed by atoms with Gasteiger partial charge in [0.25, 0.3) is 11.8 Å². The van der Waals surface area contributed by atoms with Crippen LogP contribution < -0.4 is 20.7 Å². The number of ether oxygens (including phenoxy) is 1. The maximum Gasteiger partial charge on any atom is 0.261 e. The Morgan fingerprint density at radius 3 is 2.37 bits per heavy atom. The Labute approximate surface area is 164 Å². The van der Waals surface area contributed by atoms with Crippen LogP contribution in [0.15, 0.2) is 48.5 Å². The minimum Gasteiger partial charge on any atom is -0.496 e. The Hall–Kier alpha value is -2.93. The lowest BCUT2D eigenvalue weighted by atomic mass is 10.1. The number of nitrogens with one attached hydrogen (secondary N) is 3. The first-order chi connectivity index (χ1) is 13.1. The number of anilines is 1. The molecule has 0 aromatic heterocycles. The minimum absolute atomic E-state index is 0.0970. The van der Waals surface area contributed by atoms with Gasteiger partial charge in [0.15, 0.2) is 5.11 Å². The molecule has 2 amide bonds. The second-order valence-electron chi connectivity index (χ2n) is 5.76. The van der Waals surface area contributed by atoms with Crippen molar-refractivity contribution in [2.45, 2.75) is 19.8 Å². The highest BCUT2D eigenvalue weighted by molar-refractivity contribution is 7.80. The Morgan fingerprint density at radius 2 is 1.67 bits per heavy atom. The standard InChI is InChI=1S/C20H23N3O3S/c1-3-4-13-21-18(24)14-9-5-7-11-16(14)22-20(27)23-19(25)15-10-6-8-12-17(15)26-2/h5-12H,3-4,13H2,1-2H3,(H,21,24)(H2,22,23,25,27). The predicted molar refractivity (Wildman–Crippen MR) is 110 cm³/mol. The molecular weight excluding hydrogens is 362 g/mol. The topological polar surface area (TPSA) is 79.5 Å². The van der Waals surface area contributed by atoms with Crippen molar-refractivity contribution in [3.8, 4) is 5.75 Å². The van der Waals surface area contributed by atoms with Crippen LogP contribution in [-0.2, 0) is 0 Å². The van der Waals surface area contributed by atoms with E-state index in [0.717, 1.165) is 12.8 Å². The largest absolute Gasteiger partial charge is 0.496 e. The summed E-state index contributed by atoms with van der Waals surface area (Å²) in [6.45, 7) is 2.67. The first-order valence-corrected chi connectivity index (χ1v) is 9.10. The van der Waals surface area contributed by atoms with Gasteiger partial charge in [-0.05, 0) is 42.9 Å². The summed E-state index contributed by atoms with van der Waals surface area (Å²) in [6, 6.07) is 13.9. The summed E-state index contributed by atoms with van der Waals surface area (Å²) in [5, 5.41) is 8.49. The third kappa shape index (κ3) is 5.79. The zero-order valence-electron chi connectivity index (χ0n) is 15.4. The SMILES string of the molecule is CCCCNC(=O)c1ccccc1NC(=S)NC(=O)c1ccccc1OC. The fraction of sp³-hybridized carbons (Fsp3) is 0.250. The lowest BCUT2D eigenvalue weighted by molar-refractivity contribution is 0.0951. The highest BCUT2D eigenvalue weighted by atomic mass is 32.1. The zero-order valence-corrected chi connectivity index (χ0v) is 16.2. The van der Waals surface area contributed by atoms with Crippen molar-refractivity contribution in [2.75, 3.05) is 19.0 Å². The lowest BCUT2D eigenvalue weighted by Crippen LogP contribution is -2.35. The fourth-order valence-corrected chi connectivity index (χ4v) is 2.62. The summed E-state index contributed by atoms with van der Waals surface area (Å²) in [6.07, 6.45) is 1.91. The van der Waals surface area contributed by atoms with Crippen LogP contribution in [0.4, 0.5) is 5.69 Å². The van der Waals surface area contributed by atoms with Gasteiger partial charge in [-0.3, -0.25) is 14.9 Å². The molecule has 0 bridgehead atoms. The molecule has 0 radical (unpaired) electrons. The number of rotatable bonds is 7. The molecule has 0 fully saturated rings. The summed E-state index contributed by atoms with van der Waals surface area (Å²) in [7, 11) is 1.50. The van der Waals surface area contributed by atoms with Gasteiger partial charge < -0.3 is 15.4 Å². The smallest absolute Gasteiger partial charge is 0.261 e. The van der Waals surface area contributed by atoms with Gasteiger partial charge >= 0.3 is 0 Å². The molecular formula is C20H23N3O3S. The van der Waals surface area contributed by atoms with E-state index in [1.807, 2.05) is 0 Å². The number of methoxy groups -OCH3 is 1. The van der Waals surface area contributed by atoms with E-state index in [-0.39, 0.29) is 11.0 Å². The molecule has 2 aromatic carbocycles. The second kappa shape index (κ2) is 10.3. The number of amides is 2. The molecule has 0 aliphatic carbocycles. The third-order valence-electron chi connectivity index (χ3n) is 3.81. The molecule has 27 heavy (non-hydrogen) atoms. The van der Waals surface area contributed by atoms with Crippen LogP contribution in [-0.4, -0.2) is 30.6 Å². The Kier molecular flexibility index (Phi) is 7.76. The molecule has 7 heteroatoms. The summed E-state index contributed by atoms with van der Waals surface area (Å²) >= 11 is 5.23. The van der Waals surface area contributed by atoms with E-state index in [0.29, 0.717) is 29.1 Å². The van der Waals surface area contributed by atoms with E-state index < -0.39 is 5.91 Å². The van der Waals surface area contributed by atoms with Crippen LogP contribution in [0.3, 0.4) is 0 Å². The molecule has 142 valence electrons. The second-order valence-corrected chi connectivity index (χ2v) is 6.17. The van der Waals surface area contributed by atoms with Gasteiger partial charge in [-0.2, -0.15) is 0 Å². The van der Waals surface area contributed by atoms with Crippen LogP contribution in [0, 0.1) is 0 Å². The van der Waals surface area contributed by atoms with E-state index in [1.54, 1.807) is 48.5 Å². The molecule has 0 spiro atoms. The van der Waals surface area contributed by atoms with Crippen molar-refractivity contribution >= 4 is 34.8 Å². The molecule has 6 nitrogen and oxygen atoms in total. The number of unbranched alkanes of at least 4 members (excludes halogenated alkanes) is 1. The Bertz CT molecular complexity index is 824. The Balaban J connectivity index is 2.05. The minimum atomic E-state index is -0.394. The number of benzene rings is 2. The van der Waals surface area contributed by atoms with Crippen molar-refractivity contribution in [1.29, 1.82) is 0 Å². The highest BCUT2D eigenvalue weighted by Crippen LogP contribution is 2.18. The van der Waals surface area contributed by atoms with Gasteiger partial charge in [0, 0.05) is 6.54 Å².